The van der Waals surface area contributed by atoms with E-state index in [1.54, 1.807) is 0 Å². The first-order valence-corrected chi connectivity index (χ1v) is 18.3. The number of anilines is 3. The minimum atomic E-state index is 1.10. The van der Waals surface area contributed by atoms with Gasteiger partial charge in [-0.2, -0.15) is 0 Å². The third-order valence-corrected chi connectivity index (χ3v) is 11.7. The van der Waals surface area contributed by atoms with Gasteiger partial charge < -0.3 is 4.90 Å². The van der Waals surface area contributed by atoms with Crippen LogP contribution in [0.25, 0.3) is 86.2 Å². The second kappa shape index (κ2) is 11.7. The highest BCUT2D eigenvalue weighted by molar-refractivity contribution is 7.27. The second-order valence-electron chi connectivity index (χ2n) is 13.2. The smallest absolute Gasteiger partial charge is 0.0539 e. The summed E-state index contributed by atoms with van der Waals surface area (Å²) in [7, 11) is 0. The molecule has 0 amide bonds. The van der Waals surface area contributed by atoms with E-state index in [-0.39, 0.29) is 0 Å². The van der Waals surface area contributed by atoms with Crippen molar-refractivity contribution in [2.75, 3.05) is 4.90 Å². The van der Waals surface area contributed by atoms with Gasteiger partial charge in [0, 0.05) is 42.5 Å². The Kier molecular flexibility index (Phi) is 6.80. The predicted molar refractivity (Wildman–Crippen MR) is 226 cm³/mol. The van der Waals surface area contributed by atoms with Crippen LogP contribution in [-0.4, -0.2) is 0 Å². The molecular formula is C49H33NS. The van der Waals surface area contributed by atoms with E-state index in [0.717, 1.165) is 28.2 Å². The summed E-state index contributed by atoms with van der Waals surface area (Å²) in [6.07, 6.45) is 6.29. The van der Waals surface area contributed by atoms with Crippen molar-refractivity contribution in [3.8, 4) is 0 Å². The maximum absolute atomic E-state index is 4.19. The molecule has 0 atom stereocenters. The van der Waals surface area contributed by atoms with Crippen LogP contribution < -0.4 is 4.90 Å². The number of allylic oxidation sites excluding steroid dienone is 1. The van der Waals surface area contributed by atoms with Crippen molar-refractivity contribution in [2.45, 2.75) is 6.92 Å². The maximum atomic E-state index is 4.19. The molecule has 0 saturated heterocycles. The number of nitrogens with zero attached hydrogens (tertiary/aromatic N) is 1. The topological polar surface area (TPSA) is 3.24 Å². The van der Waals surface area contributed by atoms with Crippen LogP contribution in [0, 0.1) is 0 Å². The first-order chi connectivity index (χ1) is 25.2. The van der Waals surface area contributed by atoms with E-state index in [1.807, 2.05) is 17.4 Å². The lowest BCUT2D eigenvalue weighted by Gasteiger charge is -2.28. The van der Waals surface area contributed by atoms with Gasteiger partial charge in [-0.15, -0.1) is 11.3 Å². The molecule has 1 nitrogen and oxygen atoms in total. The molecule has 1 aromatic heterocycles. The van der Waals surface area contributed by atoms with E-state index < -0.39 is 0 Å². The van der Waals surface area contributed by atoms with Gasteiger partial charge in [0.05, 0.1) is 5.69 Å². The molecule has 0 aliphatic rings. The molecule has 0 bridgehead atoms. The van der Waals surface area contributed by atoms with Crippen LogP contribution >= 0.6 is 11.3 Å². The minimum Gasteiger partial charge on any atom is -0.310 e. The van der Waals surface area contributed by atoms with Gasteiger partial charge >= 0.3 is 0 Å². The molecule has 10 aromatic rings. The van der Waals surface area contributed by atoms with Crippen LogP contribution in [0.15, 0.2) is 164 Å². The van der Waals surface area contributed by atoms with E-state index in [2.05, 4.69) is 182 Å². The van der Waals surface area contributed by atoms with Crippen molar-refractivity contribution >= 4 is 115 Å². The van der Waals surface area contributed by atoms with Crippen LogP contribution in [0.2, 0.25) is 0 Å². The molecule has 2 heteroatoms. The summed E-state index contributed by atoms with van der Waals surface area (Å²) in [5.74, 6) is 0. The molecule has 0 aliphatic heterocycles. The van der Waals surface area contributed by atoms with Crippen molar-refractivity contribution in [1.29, 1.82) is 0 Å². The van der Waals surface area contributed by atoms with E-state index in [1.165, 1.54) is 74.0 Å². The van der Waals surface area contributed by atoms with E-state index in [4.69, 9.17) is 0 Å². The molecule has 51 heavy (non-hydrogen) atoms. The Hall–Kier alpha value is -6.22. The molecule has 10 rings (SSSR count). The first kappa shape index (κ1) is 29.7. The van der Waals surface area contributed by atoms with Gasteiger partial charge in [0.15, 0.2) is 0 Å². The number of thiophene rings is 1. The summed E-state index contributed by atoms with van der Waals surface area (Å²) in [6, 6.07) is 55.9. The minimum absolute atomic E-state index is 1.10. The number of fused-ring (bicyclic) bond motifs is 14. The van der Waals surface area contributed by atoms with E-state index in [9.17, 15) is 0 Å². The van der Waals surface area contributed by atoms with Gasteiger partial charge in [-0.25, -0.2) is 0 Å². The molecule has 0 N–H and O–H groups in total. The lowest BCUT2D eigenvalue weighted by atomic mass is 9.93. The van der Waals surface area contributed by atoms with Crippen molar-refractivity contribution in [3.63, 3.8) is 0 Å². The molecule has 0 radical (unpaired) electrons. The van der Waals surface area contributed by atoms with Gasteiger partial charge in [0.2, 0.25) is 0 Å². The fraction of sp³-hybridized carbons (Fsp3) is 0.0204. The Morgan fingerprint density at radius 3 is 1.63 bits per heavy atom. The molecule has 9 aromatic carbocycles. The Morgan fingerprint density at radius 1 is 0.490 bits per heavy atom. The Morgan fingerprint density at radius 2 is 1.00 bits per heavy atom. The Labute approximate surface area is 300 Å². The molecule has 0 saturated carbocycles. The van der Waals surface area contributed by atoms with Crippen molar-refractivity contribution in [2.24, 2.45) is 0 Å². The van der Waals surface area contributed by atoms with Gasteiger partial charge in [-0.05, 0) is 97.4 Å². The molecule has 0 aliphatic carbocycles. The van der Waals surface area contributed by atoms with Crippen LogP contribution in [0.5, 0.6) is 0 Å². The molecule has 0 unspecified atom stereocenters. The summed E-state index contributed by atoms with van der Waals surface area (Å²) in [5, 5.41) is 15.4. The molecule has 240 valence electrons. The van der Waals surface area contributed by atoms with Crippen LogP contribution in [0.4, 0.5) is 17.1 Å². The summed E-state index contributed by atoms with van der Waals surface area (Å²) < 4.78 is 2.63. The molecule has 0 spiro atoms. The molecule has 1 heterocycles. The van der Waals surface area contributed by atoms with Crippen LogP contribution in [0.1, 0.15) is 18.1 Å². The van der Waals surface area contributed by atoms with E-state index >= 15 is 0 Å². The number of benzene rings is 9. The molecule has 0 fully saturated rings. The standard InChI is InChI=1S/C49H33NS/c1-3-14-34-31(4-2)15-13-24-46(34)50(32-25-27-41-37-18-6-5-16-35(37)36-17-7-8-21-40(36)44(41)29-32)33-26-28-47-45(30-33)48-42-22-11-9-19-38(42)39-20-10-12-23-43(39)49(48)51-47/h3-30H,2H2,1H3/b14-3-. The van der Waals surface area contributed by atoms with E-state index in [0.29, 0.717) is 0 Å². The highest BCUT2D eigenvalue weighted by Crippen LogP contribution is 2.48. The summed E-state index contributed by atoms with van der Waals surface area (Å²) in [6.45, 7) is 6.28. The second-order valence-corrected chi connectivity index (χ2v) is 14.3. The fourth-order valence-corrected chi connectivity index (χ4v) is 9.52. The average molecular weight is 668 g/mol. The normalized spacial score (nSPS) is 12.0. The number of hydrogen-bond donors (Lipinski definition) is 0. The maximum Gasteiger partial charge on any atom is 0.0539 e. The highest BCUT2D eigenvalue weighted by Gasteiger charge is 2.21. The third kappa shape index (κ3) is 4.47. The SMILES string of the molecule is C=Cc1cccc(N(c2ccc3c4ccccc4c4ccccc4c3c2)c2ccc3sc4c5ccccc5c5ccccc5c4c3c2)c1/C=C\C. The average Bonchev–Trinajstić information content (AvgIpc) is 3.58. The predicted octanol–water partition coefficient (Wildman–Crippen LogP) is 15.0. The van der Waals surface area contributed by atoms with Crippen molar-refractivity contribution in [1.82, 2.24) is 0 Å². The van der Waals surface area contributed by atoms with Gasteiger partial charge in [-0.3, -0.25) is 0 Å². The number of rotatable bonds is 5. The van der Waals surface area contributed by atoms with Crippen molar-refractivity contribution < 1.29 is 0 Å². The highest BCUT2D eigenvalue weighted by atomic mass is 32.1. The van der Waals surface area contributed by atoms with Crippen LogP contribution in [-0.2, 0) is 0 Å². The van der Waals surface area contributed by atoms with Gasteiger partial charge in [0.1, 0.15) is 0 Å². The monoisotopic (exact) mass is 667 g/mol. The van der Waals surface area contributed by atoms with Gasteiger partial charge in [0.25, 0.3) is 0 Å². The Balaban J connectivity index is 1.31. The fourth-order valence-electron chi connectivity index (χ4n) is 8.29. The largest absolute Gasteiger partial charge is 0.310 e. The van der Waals surface area contributed by atoms with Gasteiger partial charge in [-0.1, -0.05) is 140 Å². The Bertz CT molecular complexity index is 3030. The third-order valence-electron chi connectivity index (χ3n) is 10.5. The zero-order valence-corrected chi connectivity index (χ0v) is 29.0. The van der Waals surface area contributed by atoms with Crippen molar-refractivity contribution in [3.05, 3.63) is 175 Å². The zero-order chi connectivity index (χ0) is 34.1. The number of hydrogen-bond acceptors (Lipinski definition) is 2. The summed E-state index contributed by atoms with van der Waals surface area (Å²) in [4.78, 5) is 2.44. The quantitative estimate of drug-likeness (QED) is 0.165. The lowest BCUT2D eigenvalue weighted by Crippen LogP contribution is -2.12. The van der Waals surface area contributed by atoms with Crippen LogP contribution in [0.3, 0.4) is 0 Å². The molecular weight excluding hydrogens is 635 g/mol. The summed E-state index contributed by atoms with van der Waals surface area (Å²) in [5.41, 5.74) is 5.60. The summed E-state index contributed by atoms with van der Waals surface area (Å²) >= 11 is 1.90. The first-order valence-electron chi connectivity index (χ1n) is 17.5. The zero-order valence-electron chi connectivity index (χ0n) is 28.2. The lowest BCUT2D eigenvalue weighted by molar-refractivity contribution is 1.29.